The number of carboxylic acids is 1. The summed E-state index contributed by atoms with van der Waals surface area (Å²) in [7, 11) is 0. The van der Waals surface area contributed by atoms with Crippen LogP contribution >= 0.6 is 24.0 Å². The molecule has 2 aromatic carbocycles. The number of benzene rings is 2. The zero-order valence-corrected chi connectivity index (χ0v) is 18.5. The molecule has 0 unspecified atom stereocenters. The third-order valence-corrected chi connectivity index (χ3v) is 6.26. The Morgan fingerprint density at radius 2 is 1.94 bits per heavy atom. The second-order valence-corrected chi connectivity index (χ2v) is 8.78. The molecule has 1 aliphatic heterocycles. The first-order chi connectivity index (χ1) is 15.8. The number of rotatable bonds is 7. The molecule has 1 atom stereocenters. The highest BCUT2D eigenvalue weighted by molar-refractivity contribution is 8.26. The maximum atomic E-state index is 13.0. The molecule has 1 amide bonds. The summed E-state index contributed by atoms with van der Waals surface area (Å²) in [6.07, 6.45) is 1.61. The highest BCUT2D eigenvalue weighted by Crippen LogP contribution is 2.36. The van der Waals surface area contributed by atoms with Crippen molar-refractivity contribution in [2.24, 2.45) is 0 Å². The van der Waals surface area contributed by atoms with Gasteiger partial charge in [0, 0.05) is 30.2 Å². The van der Waals surface area contributed by atoms with Crippen molar-refractivity contribution in [2.75, 3.05) is 0 Å². The number of carbonyl (C=O) groups is 2. The Morgan fingerprint density at radius 1 is 1.18 bits per heavy atom. The zero-order chi connectivity index (χ0) is 23.5. The second-order valence-electron chi connectivity index (χ2n) is 7.10. The van der Waals surface area contributed by atoms with Crippen molar-refractivity contribution in [2.45, 2.75) is 12.5 Å². The van der Waals surface area contributed by atoms with Crippen molar-refractivity contribution in [3.8, 4) is 11.3 Å². The van der Waals surface area contributed by atoms with Crippen molar-refractivity contribution in [3.05, 3.63) is 93.1 Å². The minimum Gasteiger partial charge on any atom is -0.480 e. The molecule has 8 nitrogen and oxygen atoms in total. The summed E-state index contributed by atoms with van der Waals surface area (Å²) in [5.41, 5.74) is 1.23. The fourth-order valence-electron chi connectivity index (χ4n) is 3.36. The Morgan fingerprint density at radius 3 is 2.64 bits per heavy atom. The summed E-state index contributed by atoms with van der Waals surface area (Å²) in [4.78, 5) is 36.8. The lowest BCUT2D eigenvalue weighted by molar-refractivity contribution is -0.384. The van der Waals surface area contributed by atoms with Gasteiger partial charge >= 0.3 is 5.97 Å². The van der Waals surface area contributed by atoms with Gasteiger partial charge in [0.05, 0.1) is 9.83 Å². The number of carboxylic acid groups (broad SMARTS) is 1. The Labute approximate surface area is 197 Å². The van der Waals surface area contributed by atoms with E-state index in [0.717, 1.165) is 22.2 Å². The van der Waals surface area contributed by atoms with E-state index in [0.29, 0.717) is 17.1 Å². The SMILES string of the molecule is O=C(O)[C@H](Cc1ccccc1)N1C(=O)/C(=C/c2ccc(-c3cccc([N+](=O)[O-])c3)o2)SC1=S. The summed E-state index contributed by atoms with van der Waals surface area (Å²) in [5.74, 6) is -0.927. The number of thioether (sulfide) groups is 1. The van der Waals surface area contributed by atoms with E-state index in [-0.39, 0.29) is 21.3 Å². The van der Waals surface area contributed by atoms with Gasteiger partial charge in [0.1, 0.15) is 21.9 Å². The molecule has 3 aromatic rings. The lowest BCUT2D eigenvalue weighted by Crippen LogP contribution is -2.45. The minimum atomic E-state index is -1.15. The van der Waals surface area contributed by atoms with Crippen molar-refractivity contribution in [1.29, 1.82) is 0 Å². The van der Waals surface area contributed by atoms with E-state index < -0.39 is 22.8 Å². The van der Waals surface area contributed by atoms with E-state index in [1.165, 1.54) is 18.2 Å². The molecule has 0 aliphatic carbocycles. The summed E-state index contributed by atoms with van der Waals surface area (Å²) < 4.78 is 5.90. The predicted octanol–water partition coefficient (Wildman–Crippen LogP) is 4.75. The van der Waals surface area contributed by atoms with Crippen LogP contribution in [0.3, 0.4) is 0 Å². The predicted molar refractivity (Wildman–Crippen MR) is 127 cm³/mol. The van der Waals surface area contributed by atoms with Crippen molar-refractivity contribution < 1.29 is 24.0 Å². The molecule has 1 saturated heterocycles. The Kier molecular flexibility index (Phi) is 6.38. The standard InChI is InChI=1S/C23H16N2O6S2/c26-21-20(13-17-9-10-19(31-17)15-7-4-8-16(12-15)25(29)30)33-23(32)24(21)18(22(27)28)11-14-5-2-1-3-6-14/h1-10,12-13,18H,11H2,(H,27,28)/b20-13-/t18-/m0/s1. The lowest BCUT2D eigenvalue weighted by atomic mass is 10.0. The highest BCUT2D eigenvalue weighted by atomic mass is 32.2. The molecule has 0 bridgehead atoms. The third-order valence-electron chi connectivity index (χ3n) is 4.93. The number of hydrogen-bond acceptors (Lipinski definition) is 7. The minimum absolute atomic E-state index is 0.0653. The number of nitro benzene ring substituents is 1. The molecule has 0 radical (unpaired) electrons. The van der Waals surface area contributed by atoms with E-state index in [2.05, 4.69) is 0 Å². The average molecular weight is 481 g/mol. The number of nitro groups is 1. The molecular formula is C23H16N2O6S2. The maximum absolute atomic E-state index is 13.0. The van der Waals surface area contributed by atoms with E-state index in [9.17, 15) is 24.8 Å². The summed E-state index contributed by atoms with van der Waals surface area (Å²) >= 11 is 6.31. The van der Waals surface area contributed by atoms with Crippen LogP contribution in [0.2, 0.25) is 0 Å². The first-order valence-corrected chi connectivity index (χ1v) is 10.9. The number of amides is 1. The first-order valence-electron chi connectivity index (χ1n) is 9.72. The van der Waals surface area contributed by atoms with Gasteiger partial charge in [-0.15, -0.1) is 0 Å². The molecule has 10 heteroatoms. The molecule has 2 heterocycles. The Hall–Kier alpha value is -3.76. The zero-order valence-electron chi connectivity index (χ0n) is 16.9. The molecule has 166 valence electrons. The number of hydrogen-bond donors (Lipinski definition) is 1. The Bertz CT molecular complexity index is 1280. The van der Waals surface area contributed by atoms with E-state index in [4.69, 9.17) is 16.6 Å². The van der Waals surface area contributed by atoms with E-state index in [1.807, 2.05) is 6.07 Å². The first kappa shape index (κ1) is 22.4. The van der Waals surface area contributed by atoms with E-state index >= 15 is 0 Å². The highest BCUT2D eigenvalue weighted by Gasteiger charge is 2.40. The number of non-ortho nitro benzene ring substituents is 1. The molecule has 33 heavy (non-hydrogen) atoms. The van der Waals surface area contributed by atoms with Crippen LogP contribution < -0.4 is 0 Å². The van der Waals surface area contributed by atoms with Gasteiger partial charge in [-0.05, 0) is 17.7 Å². The maximum Gasteiger partial charge on any atom is 0.327 e. The fourth-order valence-corrected chi connectivity index (χ4v) is 4.70. The van der Waals surface area contributed by atoms with Crippen LogP contribution in [-0.2, 0) is 16.0 Å². The molecule has 1 aromatic heterocycles. The van der Waals surface area contributed by atoms with Gasteiger partial charge in [-0.1, -0.05) is 66.4 Å². The third kappa shape index (κ3) is 4.86. The number of nitrogens with zero attached hydrogens (tertiary/aromatic N) is 2. The molecule has 1 fully saturated rings. The average Bonchev–Trinajstić information content (AvgIpc) is 3.37. The van der Waals surface area contributed by atoms with Crippen LogP contribution in [0.5, 0.6) is 0 Å². The van der Waals surface area contributed by atoms with Crippen molar-refractivity contribution in [1.82, 2.24) is 4.90 Å². The van der Waals surface area contributed by atoms with Gasteiger partial charge in [0.15, 0.2) is 0 Å². The molecule has 4 rings (SSSR count). The summed E-state index contributed by atoms with van der Waals surface area (Å²) in [6, 6.07) is 17.1. The fraction of sp³-hybridized carbons (Fsp3) is 0.0870. The van der Waals surface area contributed by atoms with Gasteiger partial charge in [-0.2, -0.15) is 0 Å². The van der Waals surface area contributed by atoms with Crippen LogP contribution in [0.4, 0.5) is 5.69 Å². The van der Waals surface area contributed by atoms with Crippen LogP contribution in [-0.4, -0.2) is 37.2 Å². The van der Waals surface area contributed by atoms with Gasteiger partial charge in [-0.3, -0.25) is 19.8 Å². The molecule has 0 spiro atoms. The van der Waals surface area contributed by atoms with Crippen molar-refractivity contribution in [3.63, 3.8) is 0 Å². The van der Waals surface area contributed by atoms with Crippen LogP contribution in [0.25, 0.3) is 17.4 Å². The molecule has 1 N–H and O–H groups in total. The normalized spacial score (nSPS) is 15.8. The van der Waals surface area contributed by atoms with E-state index in [1.54, 1.807) is 48.5 Å². The lowest BCUT2D eigenvalue weighted by Gasteiger charge is -2.23. The van der Waals surface area contributed by atoms with Crippen LogP contribution in [0.1, 0.15) is 11.3 Å². The quantitative estimate of drug-likeness (QED) is 0.223. The van der Waals surface area contributed by atoms with Crippen LogP contribution in [0.15, 0.2) is 76.1 Å². The van der Waals surface area contributed by atoms with Gasteiger partial charge in [0.2, 0.25) is 0 Å². The van der Waals surface area contributed by atoms with Gasteiger partial charge in [0.25, 0.3) is 11.6 Å². The number of aliphatic carboxylic acids is 1. The summed E-state index contributed by atoms with van der Waals surface area (Å²) in [5, 5.41) is 20.8. The van der Waals surface area contributed by atoms with Gasteiger partial charge in [-0.25, -0.2) is 4.79 Å². The summed E-state index contributed by atoms with van der Waals surface area (Å²) in [6.45, 7) is 0. The molecular weight excluding hydrogens is 464 g/mol. The monoisotopic (exact) mass is 480 g/mol. The number of furan rings is 1. The number of carbonyl (C=O) groups excluding carboxylic acids is 1. The van der Waals surface area contributed by atoms with Crippen LogP contribution in [0, 0.1) is 10.1 Å². The molecule has 1 aliphatic rings. The molecule has 0 saturated carbocycles. The van der Waals surface area contributed by atoms with Crippen molar-refractivity contribution >= 4 is 51.9 Å². The number of thiocarbonyl (C=S) groups is 1. The van der Waals surface area contributed by atoms with Gasteiger partial charge < -0.3 is 9.52 Å². The largest absolute Gasteiger partial charge is 0.480 e. The second kappa shape index (κ2) is 9.39. The topological polar surface area (TPSA) is 114 Å². The smallest absolute Gasteiger partial charge is 0.327 e. The Balaban J connectivity index is 1.57.